The maximum Gasteiger partial charge on any atom is 0.494 e. The second kappa shape index (κ2) is 8.00. The molecule has 0 amide bonds. The highest BCUT2D eigenvalue weighted by atomic mass is 16.7. The summed E-state index contributed by atoms with van der Waals surface area (Å²) in [6.07, 6.45) is 0. The van der Waals surface area contributed by atoms with E-state index >= 15 is 0 Å². The molecule has 2 nitrogen and oxygen atoms in total. The molecule has 1 aliphatic heterocycles. The quantitative estimate of drug-likeness (QED) is 0.198. The molecule has 0 saturated carbocycles. The van der Waals surface area contributed by atoms with Crippen LogP contribution in [0.2, 0.25) is 0 Å². The standard InChI is InChI=1S/C38H35BO2/c1-35(2)28-15-9-11-17-30(28)38(31-18-12-10-16-29(31)35)32-22-19-24-13-7-8-14-26(24)34(32)27-21-20-25(23-33(27)38)39-40-36(3,4)37(5,6)41-39/h7-23H,1-6H3. The lowest BCUT2D eigenvalue weighted by Gasteiger charge is -2.46. The lowest BCUT2D eigenvalue weighted by Crippen LogP contribution is -2.41. The summed E-state index contributed by atoms with van der Waals surface area (Å²) in [6, 6.07) is 38.6. The molecule has 0 bridgehead atoms. The molecule has 0 aromatic heterocycles. The minimum Gasteiger partial charge on any atom is -0.399 e. The number of benzene rings is 5. The van der Waals surface area contributed by atoms with E-state index in [0.29, 0.717) is 0 Å². The third kappa shape index (κ3) is 3.06. The molecule has 1 fully saturated rings. The Bertz CT molecular complexity index is 1830. The molecule has 5 aromatic carbocycles. The molecule has 8 rings (SSSR count). The van der Waals surface area contributed by atoms with Crippen LogP contribution in [0.3, 0.4) is 0 Å². The van der Waals surface area contributed by atoms with E-state index in [4.69, 9.17) is 9.31 Å². The van der Waals surface area contributed by atoms with Crippen molar-refractivity contribution in [2.75, 3.05) is 0 Å². The first kappa shape index (κ1) is 25.1. The van der Waals surface area contributed by atoms with E-state index in [1.807, 2.05) is 0 Å². The molecule has 0 radical (unpaired) electrons. The molecule has 0 N–H and O–H groups in total. The van der Waals surface area contributed by atoms with Crippen molar-refractivity contribution in [3.8, 4) is 11.1 Å². The third-order valence-electron chi connectivity index (χ3n) is 10.6. The smallest absolute Gasteiger partial charge is 0.399 e. The fourth-order valence-electron chi connectivity index (χ4n) is 7.82. The van der Waals surface area contributed by atoms with Gasteiger partial charge in [0.2, 0.25) is 0 Å². The van der Waals surface area contributed by atoms with Gasteiger partial charge < -0.3 is 9.31 Å². The van der Waals surface area contributed by atoms with Gasteiger partial charge in [-0.25, -0.2) is 0 Å². The highest BCUT2D eigenvalue weighted by molar-refractivity contribution is 6.62. The van der Waals surface area contributed by atoms with Gasteiger partial charge in [-0.1, -0.05) is 117 Å². The van der Waals surface area contributed by atoms with Crippen molar-refractivity contribution in [1.82, 2.24) is 0 Å². The average molecular weight is 535 g/mol. The molecule has 3 heteroatoms. The Kier molecular flexibility index (Phi) is 4.89. The van der Waals surface area contributed by atoms with Crippen LogP contribution in [0.4, 0.5) is 0 Å². The maximum atomic E-state index is 6.58. The average Bonchev–Trinajstić information content (AvgIpc) is 3.38. The Balaban J connectivity index is 1.51. The van der Waals surface area contributed by atoms with Crippen LogP contribution in [0, 0.1) is 0 Å². The van der Waals surface area contributed by atoms with Gasteiger partial charge in [0.25, 0.3) is 0 Å². The van der Waals surface area contributed by atoms with Crippen molar-refractivity contribution in [1.29, 1.82) is 0 Å². The van der Waals surface area contributed by atoms with E-state index in [9.17, 15) is 0 Å². The van der Waals surface area contributed by atoms with Gasteiger partial charge in [0.1, 0.15) is 0 Å². The zero-order chi connectivity index (χ0) is 28.4. The summed E-state index contributed by atoms with van der Waals surface area (Å²) in [5.41, 5.74) is 10.5. The predicted octanol–water partition coefficient (Wildman–Crippen LogP) is 8.14. The summed E-state index contributed by atoms with van der Waals surface area (Å²) in [5, 5.41) is 2.56. The van der Waals surface area contributed by atoms with Gasteiger partial charge in [0, 0.05) is 5.41 Å². The van der Waals surface area contributed by atoms with Crippen LogP contribution >= 0.6 is 0 Å². The van der Waals surface area contributed by atoms with Crippen LogP contribution in [0.5, 0.6) is 0 Å². The molecule has 1 saturated heterocycles. The Morgan fingerprint density at radius 1 is 0.512 bits per heavy atom. The van der Waals surface area contributed by atoms with E-state index in [0.717, 1.165) is 5.46 Å². The van der Waals surface area contributed by atoms with Gasteiger partial charge in [-0.15, -0.1) is 0 Å². The molecule has 41 heavy (non-hydrogen) atoms. The van der Waals surface area contributed by atoms with E-state index < -0.39 is 23.7 Å². The van der Waals surface area contributed by atoms with Gasteiger partial charge in [-0.2, -0.15) is 0 Å². The second-order valence-electron chi connectivity index (χ2n) is 13.6. The fraction of sp³-hybridized carbons (Fsp3) is 0.263. The summed E-state index contributed by atoms with van der Waals surface area (Å²) in [4.78, 5) is 0. The molecule has 1 heterocycles. The van der Waals surface area contributed by atoms with Crippen LogP contribution in [-0.4, -0.2) is 18.3 Å². The zero-order valence-corrected chi connectivity index (χ0v) is 24.7. The number of hydrogen-bond acceptors (Lipinski definition) is 2. The first-order chi connectivity index (χ1) is 19.6. The highest BCUT2D eigenvalue weighted by Gasteiger charge is 2.55. The van der Waals surface area contributed by atoms with Crippen molar-refractivity contribution in [3.05, 3.63) is 137 Å². The summed E-state index contributed by atoms with van der Waals surface area (Å²) in [7, 11) is -0.423. The SMILES string of the molecule is CC1(C)c2ccccc2C2(c3cc(B4OC(C)(C)C(C)(C)O4)ccc3-c3c2ccc2ccccc32)c2ccccc21. The van der Waals surface area contributed by atoms with E-state index in [2.05, 4.69) is 145 Å². The van der Waals surface area contributed by atoms with Crippen LogP contribution in [0.25, 0.3) is 21.9 Å². The topological polar surface area (TPSA) is 18.5 Å². The maximum absolute atomic E-state index is 6.58. The molecule has 2 aliphatic carbocycles. The number of rotatable bonds is 1. The molecule has 3 aliphatic rings. The van der Waals surface area contributed by atoms with Gasteiger partial charge in [-0.3, -0.25) is 0 Å². The first-order valence-corrected chi connectivity index (χ1v) is 14.8. The molecule has 202 valence electrons. The summed E-state index contributed by atoms with van der Waals surface area (Å²) >= 11 is 0. The van der Waals surface area contributed by atoms with Crippen LogP contribution in [-0.2, 0) is 20.1 Å². The van der Waals surface area contributed by atoms with E-state index in [1.165, 1.54) is 55.3 Å². The largest absolute Gasteiger partial charge is 0.494 e. The lowest BCUT2D eigenvalue weighted by atomic mass is 9.55. The lowest BCUT2D eigenvalue weighted by molar-refractivity contribution is 0.00578. The molecule has 1 spiro atoms. The number of hydrogen-bond donors (Lipinski definition) is 0. The number of fused-ring (bicyclic) bond motifs is 11. The second-order valence-corrected chi connectivity index (χ2v) is 13.6. The Morgan fingerprint density at radius 3 is 1.71 bits per heavy atom. The van der Waals surface area contributed by atoms with Crippen LogP contribution in [0.15, 0.2) is 103 Å². The Morgan fingerprint density at radius 2 is 1.07 bits per heavy atom. The first-order valence-electron chi connectivity index (χ1n) is 14.8. The highest BCUT2D eigenvalue weighted by Crippen LogP contribution is 2.62. The van der Waals surface area contributed by atoms with Crippen LogP contribution in [0.1, 0.15) is 74.9 Å². The third-order valence-corrected chi connectivity index (χ3v) is 10.6. The minimum atomic E-state index is -0.447. The summed E-state index contributed by atoms with van der Waals surface area (Å²) < 4.78 is 13.2. The molecule has 5 aromatic rings. The Labute approximate surface area is 243 Å². The normalized spacial score (nSPS) is 20.0. The monoisotopic (exact) mass is 534 g/mol. The van der Waals surface area contributed by atoms with E-state index in [-0.39, 0.29) is 5.41 Å². The van der Waals surface area contributed by atoms with Crippen molar-refractivity contribution >= 4 is 23.4 Å². The summed E-state index contributed by atoms with van der Waals surface area (Å²) in [6.45, 7) is 13.2. The summed E-state index contributed by atoms with van der Waals surface area (Å²) in [5.74, 6) is 0. The van der Waals surface area contributed by atoms with Crippen molar-refractivity contribution in [3.63, 3.8) is 0 Å². The molecular formula is C38H35BO2. The van der Waals surface area contributed by atoms with Gasteiger partial charge >= 0.3 is 7.12 Å². The van der Waals surface area contributed by atoms with Gasteiger partial charge in [0.05, 0.1) is 16.6 Å². The van der Waals surface area contributed by atoms with Crippen molar-refractivity contribution in [2.45, 2.75) is 63.6 Å². The molecule has 0 atom stereocenters. The van der Waals surface area contributed by atoms with Crippen molar-refractivity contribution in [2.24, 2.45) is 0 Å². The minimum absolute atomic E-state index is 0.123. The van der Waals surface area contributed by atoms with Gasteiger partial charge in [0.15, 0.2) is 0 Å². The fourth-order valence-corrected chi connectivity index (χ4v) is 7.82. The zero-order valence-electron chi connectivity index (χ0n) is 24.7. The predicted molar refractivity (Wildman–Crippen MR) is 169 cm³/mol. The molecular weight excluding hydrogens is 499 g/mol. The molecule has 0 unspecified atom stereocenters. The van der Waals surface area contributed by atoms with Crippen LogP contribution < -0.4 is 5.46 Å². The Hall–Kier alpha value is -3.66. The van der Waals surface area contributed by atoms with E-state index in [1.54, 1.807) is 0 Å². The van der Waals surface area contributed by atoms with Gasteiger partial charge in [-0.05, 0) is 88.4 Å². The van der Waals surface area contributed by atoms with Crippen molar-refractivity contribution < 1.29 is 9.31 Å².